The number of piperidine rings is 1. The van der Waals surface area contributed by atoms with E-state index in [0.29, 0.717) is 12.0 Å². The van der Waals surface area contributed by atoms with Gasteiger partial charge in [0.15, 0.2) is 0 Å². The molecule has 1 aliphatic heterocycles. The topological polar surface area (TPSA) is 50.2 Å². The van der Waals surface area contributed by atoms with Gasteiger partial charge >= 0.3 is 0 Å². The molecule has 0 bridgehead atoms. The zero-order valence-corrected chi connectivity index (χ0v) is 15.2. The van der Waals surface area contributed by atoms with Crippen molar-refractivity contribution >= 4 is 5.91 Å². The summed E-state index contributed by atoms with van der Waals surface area (Å²) in [5.41, 5.74) is 1.28. The molecule has 5 heteroatoms. The molecule has 1 aromatic heterocycles. The van der Waals surface area contributed by atoms with Gasteiger partial charge in [-0.25, -0.2) is 4.98 Å². The fourth-order valence-electron chi connectivity index (χ4n) is 3.65. The number of carbonyl (C=O) groups is 1. The molecular weight excluding hydrogens is 312 g/mol. The predicted molar refractivity (Wildman–Crippen MR) is 99.1 cm³/mol. The summed E-state index contributed by atoms with van der Waals surface area (Å²) in [6.07, 6.45) is 6.01. The standard InChI is InChI=1S/C20H28N4O/c1-3-18-15-23(16(2)25)11-9-19(18)22-13-20-21-10-12-24(20)14-17-7-5-4-6-8-17/h4-8,10,12,18-19,22H,3,9,11,13-15H2,1-2H3. The van der Waals surface area contributed by atoms with Gasteiger partial charge in [0, 0.05) is 45.0 Å². The molecule has 1 saturated heterocycles. The van der Waals surface area contributed by atoms with Gasteiger partial charge in [-0.05, 0) is 17.9 Å². The van der Waals surface area contributed by atoms with Crippen LogP contribution in [0.15, 0.2) is 42.7 Å². The Labute approximate surface area is 150 Å². The fourth-order valence-corrected chi connectivity index (χ4v) is 3.65. The summed E-state index contributed by atoms with van der Waals surface area (Å²) in [5, 5.41) is 3.69. The lowest BCUT2D eigenvalue weighted by Crippen LogP contribution is -2.50. The zero-order valence-electron chi connectivity index (χ0n) is 15.2. The minimum Gasteiger partial charge on any atom is -0.343 e. The van der Waals surface area contributed by atoms with Gasteiger partial charge in [0.2, 0.25) is 5.91 Å². The molecule has 0 aliphatic carbocycles. The minimum atomic E-state index is 0.190. The molecule has 1 fully saturated rings. The van der Waals surface area contributed by atoms with E-state index in [1.807, 2.05) is 23.4 Å². The van der Waals surface area contributed by atoms with E-state index < -0.39 is 0 Å². The number of nitrogens with one attached hydrogen (secondary N) is 1. The summed E-state index contributed by atoms with van der Waals surface area (Å²) in [4.78, 5) is 18.1. The molecule has 1 aromatic carbocycles. The van der Waals surface area contributed by atoms with E-state index in [4.69, 9.17) is 0 Å². The number of rotatable bonds is 6. The Bertz CT molecular complexity index is 682. The quantitative estimate of drug-likeness (QED) is 0.879. The third-order valence-electron chi connectivity index (χ3n) is 5.22. The summed E-state index contributed by atoms with van der Waals surface area (Å²) in [7, 11) is 0. The van der Waals surface area contributed by atoms with Crippen LogP contribution in [0.25, 0.3) is 0 Å². The van der Waals surface area contributed by atoms with Gasteiger partial charge in [0.25, 0.3) is 0 Å². The third kappa shape index (κ3) is 4.48. The highest BCUT2D eigenvalue weighted by Crippen LogP contribution is 2.21. The van der Waals surface area contributed by atoms with Crippen LogP contribution in [0.5, 0.6) is 0 Å². The number of imidazole rings is 1. The maximum Gasteiger partial charge on any atom is 0.219 e. The van der Waals surface area contributed by atoms with Crippen LogP contribution < -0.4 is 5.32 Å². The lowest BCUT2D eigenvalue weighted by molar-refractivity contribution is -0.131. The van der Waals surface area contributed by atoms with E-state index in [9.17, 15) is 4.79 Å². The Kier molecular flexibility index (Phi) is 5.87. The van der Waals surface area contributed by atoms with Crippen molar-refractivity contribution in [3.8, 4) is 0 Å². The molecule has 2 atom stereocenters. The van der Waals surface area contributed by atoms with E-state index >= 15 is 0 Å². The maximum atomic E-state index is 11.6. The van der Waals surface area contributed by atoms with Crippen LogP contribution in [0.3, 0.4) is 0 Å². The summed E-state index contributed by atoms with van der Waals surface area (Å²) in [6.45, 7) is 7.20. The number of likely N-dealkylation sites (tertiary alicyclic amines) is 1. The average Bonchev–Trinajstić information content (AvgIpc) is 3.07. The van der Waals surface area contributed by atoms with Crippen LogP contribution in [0.2, 0.25) is 0 Å². The van der Waals surface area contributed by atoms with Crippen LogP contribution in [0.1, 0.15) is 38.1 Å². The Balaban J connectivity index is 1.59. The highest BCUT2D eigenvalue weighted by Gasteiger charge is 2.28. The highest BCUT2D eigenvalue weighted by atomic mass is 16.2. The number of hydrogen-bond acceptors (Lipinski definition) is 3. The molecule has 3 rings (SSSR count). The number of benzene rings is 1. The van der Waals surface area contributed by atoms with Gasteiger partial charge < -0.3 is 14.8 Å². The normalized spacial score (nSPS) is 20.6. The zero-order chi connectivity index (χ0) is 17.6. The number of amides is 1. The van der Waals surface area contributed by atoms with Crippen LogP contribution in [-0.2, 0) is 17.9 Å². The molecule has 1 aliphatic rings. The van der Waals surface area contributed by atoms with Crippen molar-refractivity contribution in [2.24, 2.45) is 5.92 Å². The maximum absolute atomic E-state index is 11.6. The summed E-state index contributed by atoms with van der Waals surface area (Å²) >= 11 is 0. The molecule has 0 saturated carbocycles. The van der Waals surface area contributed by atoms with Gasteiger partial charge in [-0.15, -0.1) is 0 Å². The predicted octanol–water partition coefficient (Wildman–Crippen LogP) is 2.67. The fraction of sp³-hybridized carbons (Fsp3) is 0.500. The second-order valence-corrected chi connectivity index (χ2v) is 6.87. The number of carbonyl (C=O) groups excluding carboxylic acids is 1. The Morgan fingerprint density at radius 1 is 1.32 bits per heavy atom. The van der Waals surface area contributed by atoms with Gasteiger partial charge in [0.05, 0.1) is 6.54 Å². The molecule has 1 amide bonds. The van der Waals surface area contributed by atoms with E-state index in [1.165, 1.54) is 5.56 Å². The van der Waals surface area contributed by atoms with Crippen LogP contribution >= 0.6 is 0 Å². The lowest BCUT2D eigenvalue weighted by Gasteiger charge is -2.38. The molecule has 134 valence electrons. The smallest absolute Gasteiger partial charge is 0.219 e. The van der Waals surface area contributed by atoms with Gasteiger partial charge in [-0.2, -0.15) is 0 Å². The third-order valence-corrected chi connectivity index (χ3v) is 5.22. The number of hydrogen-bond donors (Lipinski definition) is 1. The molecule has 2 aromatic rings. The van der Waals surface area contributed by atoms with Gasteiger partial charge in [-0.3, -0.25) is 4.79 Å². The first kappa shape index (κ1) is 17.7. The highest BCUT2D eigenvalue weighted by molar-refractivity contribution is 5.73. The van der Waals surface area contributed by atoms with Crippen molar-refractivity contribution in [2.75, 3.05) is 13.1 Å². The molecule has 0 spiro atoms. The molecule has 1 N–H and O–H groups in total. The molecule has 5 nitrogen and oxygen atoms in total. The Morgan fingerprint density at radius 2 is 2.12 bits per heavy atom. The number of nitrogens with zero attached hydrogens (tertiary/aromatic N) is 3. The van der Waals surface area contributed by atoms with Crippen LogP contribution in [-0.4, -0.2) is 39.5 Å². The van der Waals surface area contributed by atoms with E-state index in [2.05, 4.69) is 46.1 Å². The molecular formula is C20H28N4O. The molecule has 2 heterocycles. The Hall–Kier alpha value is -2.14. The van der Waals surface area contributed by atoms with Crippen molar-refractivity contribution < 1.29 is 4.79 Å². The van der Waals surface area contributed by atoms with Crippen molar-refractivity contribution in [1.82, 2.24) is 19.8 Å². The SMILES string of the molecule is CCC1CN(C(C)=O)CCC1NCc1nccn1Cc1ccccc1. The van der Waals surface area contributed by atoms with Gasteiger partial charge in [-0.1, -0.05) is 43.7 Å². The van der Waals surface area contributed by atoms with E-state index in [1.54, 1.807) is 6.92 Å². The lowest BCUT2D eigenvalue weighted by atomic mass is 9.90. The molecule has 0 radical (unpaired) electrons. The second-order valence-electron chi connectivity index (χ2n) is 6.87. The van der Waals surface area contributed by atoms with Crippen LogP contribution in [0.4, 0.5) is 0 Å². The summed E-state index contributed by atoms with van der Waals surface area (Å²) in [6, 6.07) is 10.9. The largest absolute Gasteiger partial charge is 0.343 e. The first-order valence-electron chi connectivity index (χ1n) is 9.20. The molecule has 2 unspecified atom stereocenters. The van der Waals surface area contributed by atoms with Crippen molar-refractivity contribution in [2.45, 2.75) is 45.8 Å². The first-order chi connectivity index (χ1) is 12.2. The van der Waals surface area contributed by atoms with Crippen molar-refractivity contribution in [3.05, 3.63) is 54.1 Å². The van der Waals surface area contributed by atoms with Crippen LogP contribution in [0, 0.1) is 5.92 Å². The van der Waals surface area contributed by atoms with E-state index in [0.717, 1.165) is 44.8 Å². The first-order valence-corrected chi connectivity index (χ1v) is 9.20. The summed E-state index contributed by atoms with van der Waals surface area (Å²) < 4.78 is 2.20. The Morgan fingerprint density at radius 3 is 2.84 bits per heavy atom. The van der Waals surface area contributed by atoms with Gasteiger partial charge in [0.1, 0.15) is 5.82 Å². The molecule has 25 heavy (non-hydrogen) atoms. The van der Waals surface area contributed by atoms with Crippen molar-refractivity contribution in [1.29, 1.82) is 0 Å². The minimum absolute atomic E-state index is 0.190. The monoisotopic (exact) mass is 340 g/mol. The summed E-state index contributed by atoms with van der Waals surface area (Å²) in [5.74, 6) is 1.76. The second kappa shape index (κ2) is 8.30. The van der Waals surface area contributed by atoms with E-state index in [-0.39, 0.29) is 5.91 Å². The average molecular weight is 340 g/mol. The number of aromatic nitrogens is 2. The van der Waals surface area contributed by atoms with Crippen molar-refractivity contribution in [3.63, 3.8) is 0 Å².